The van der Waals surface area contributed by atoms with Crippen molar-refractivity contribution in [3.05, 3.63) is 21.9 Å². The molecule has 0 aliphatic carbocycles. The van der Waals surface area contributed by atoms with Crippen LogP contribution >= 0.6 is 11.6 Å². The Balaban J connectivity index is 3.54. The number of alkyl halides is 3. The zero-order valence-electron chi connectivity index (χ0n) is 9.02. The first-order valence-corrected chi connectivity index (χ1v) is 4.72. The molecule has 0 saturated carbocycles. The minimum absolute atomic E-state index is 0.453. The molecule has 0 fully saturated rings. The molecule has 0 spiro atoms. The Morgan fingerprint density at radius 3 is 2.47 bits per heavy atom. The summed E-state index contributed by atoms with van der Waals surface area (Å²) >= 11 is 5.04. The summed E-state index contributed by atoms with van der Waals surface area (Å²) in [5, 5.41) is 9.25. The molecule has 0 unspecified atom stereocenters. The number of methoxy groups -OCH3 is 1. The van der Waals surface area contributed by atoms with E-state index in [9.17, 15) is 28.1 Å². The second kappa shape index (κ2) is 5.26. The van der Waals surface area contributed by atoms with Gasteiger partial charge in [-0.15, -0.1) is 13.2 Å². The van der Waals surface area contributed by atoms with Crippen LogP contribution in [0.15, 0.2) is 6.20 Å². The molecule has 1 heterocycles. The van der Waals surface area contributed by atoms with Gasteiger partial charge in [0.15, 0.2) is 11.3 Å². The number of hydrogen-bond donors (Lipinski definition) is 0. The topological polar surface area (TPSA) is 91.6 Å². The Morgan fingerprint density at radius 1 is 1.53 bits per heavy atom. The van der Waals surface area contributed by atoms with E-state index in [2.05, 4.69) is 14.5 Å². The van der Waals surface area contributed by atoms with Gasteiger partial charge in [-0.25, -0.2) is 4.98 Å². The lowest BCUT2D eigenvalue weighted by Crippen LogP contribution is -2.19. The molecule has 1 rings (SSSR count). The number of halogens is 4. The highest BCUT2D eigenvalue weighted by atomic mass is 35.5. The standard InChI is InChI=1S/C8H4ClF3N2O5/c1-18-7-5(14(16)17)4(6(9)15)3(2-13-7)19-8(10,11)12/h2H,1H3. The smallest absolute Gasteiger partial charge is 0.476 e. The van der Waals surface area contributed by atoms with E-state index in [4.69, 9.17) is 11.6 Å². The largest absolute Gasteiger partial charge is 0.573 e. The van der Waals surface area contributed by atoms with Gasteiger partial charge in [-0.05, 0) is 11.6 Å². The van der Waals surface area contributed by atoms with Crippen molar-refractivity contribution in [1.29, 1.82) is 0 Å². The molecule has 0 aromatic carbocycles. The summed E-state index contributed by atoms with van der Waals surface area (Å²) in [6.45, 7) is 0. The molecule has 0 N–H and O–H groups in total. The molecule has 19 heavy (non-hydrogen) atoms. The monoisotopic (exact) mass is 300 g/mol. The van der Waals surface area contributed by atoms with E-state index in [-0.39, 0.29) is 0 Å². The molecule has 0 amide bonds. The summed E-state index contributed by atoms with van der Waals surface area (Å²) < 4.78 is 44.2. The summed E-state index contributed by atoms with van der Waals surface area (Å²) in [6, 6.07) is 0. The predicted molar refractivity (Wildman–Crippen MR) is 54.3 cm³/mol. The van der Waals surface area contributed by atoms with Crippen LogP contribution in [-0.2, 0) is 0 Å². The van der Waals surface area contributed by atoms with Crippen molar-refractivity contribution in [3.63, 3.8) is 0 Å². The van der Waals surface area contributed by atoms with Crippen molar-refractivity contribution in [1.82, 2.24) is 4.98 Å². The van der Waals surface area contributed by atoms with Crippen LogP contribution in [-0.4, -0.2) is 28.6 Å². The normalized spacial score (nSPS) is 11.0. The molecule has 0 saturated heterocycles. The zero-order valence-corrected chi connectivity index (χ0v) is 9.78. The van der Waals surface area contributed by atoms with Gasteiger partial charge in [0.1, 0.15) is 0 Å². The van der Waals surface area contributed by atoms with Gasteiger partial charge in [0.2, 0.25) is 0 Å². The highest BCUT2D eigenvalue weighted by molar-refractivity contribution is 6.68. The minimum Gasteiger partial charge on any atom is -0.476 e. The number of hydrogen-bond acceptors (Lipinski definition) is 6. The lowest BCUT2D eigenvalue weighted by atomic mass is 10.2. The summed E-state index contributed by atoms with van der Waals surface area (Å²) in [5.41, 5.74) is -2.19. The number of rotatable bonds is 4. The van der Waals surface area contributed by atoms with Crippen molar-refractivity contribution in [2.24, 2.45) is 0 Å². The first-order chi connectivity index (χ1) is 8.67. The van der Waals surface area contributed by atoms with Gasteiger partial charge >= 0.3 is 12.0 Å². The molecule has 11 heteroatoms. The van der Waals surface area contributed by atoms with E-state index in [0.717, 1.165) is 7.11 Å². The van der Waals surface area contributed by atoms with Gasteiger partial charge in [-0.3, -0.25) is 14.9 Å². The van der Waals surface area contributed by atoms with E-state index in [1.54, 1.807) is 0 Å². The van der Waals surface area contributed by atoms with Gasteiger partial charge in [-0.2, -0.15) is 0 Å². The average molecular weight is 301 g/mol. The van der Waals surface area contributed by atoms with E-state index in [1.165, 1.54) is 0 Å². The third-order valence-corrected chi connectivity index (χ3v) is 1.97. The number of aromatic nitrogens is 1. The number of nitro groups is 1. The molecule has 104 valence electrons. The van der Waals surface area contributed by atoms with Crippen molar-refractivity contribution < 1.29 is 32.4 Å². The molecule has 1 aromatic heterocycles. The second-order valence-electron chi connectivity index (χ2n) is 2.93. The van der Waals surface area contributed by atoms with Crippen LogP contribution in [0.2, 0.25) is 0 Å². The summed E-state index contributed by atoms with van der Waals surface area (Å²) in [6.07, 6.45) is -4.71. The lowest BCUT2D eigenvalue weighted by Gasteiger charge is -2.12. The molecule has 0 aliphatic heterocycles. The van der Waals surface area contributed by atoms with Crippen LogP contribution in [0.5, 0.6) is 11.6 Å². The molecule has 0 radical (unpaired) electrons. The zero-order chi connectivity index (χ0) is 14.8. The van der Waals surface area contributed by atoms with Crippen molar-refractivity contribution >= 4 is 22.5 Å². The Kier molecular flexibility index (Phi) is 4.14. The van der Waals surface area contributed by atoms with E-state index < -0.39 is 39.4 Å². The van der Waals surface area contributed by atoms with Crippen LogP contribution in [0.1, 0.15) is 10.4 Å². The maximum atomic E-state index is 12.1. The van der Waals surface area contributed by atoms with E-state index >= 15 is 0 Å². The van der Waals surface area contributed by atoms with Crippen LogP contribution in [0, 0.1) is 10.1 Å². The van der Waals surface area contributed by atoms with Crippen molar-refractivity contribution in [2.45, 2.75) is 6.36 Å². The molecule has 7 nitrogen and oxygen atoms in total. The number of carbonyl (C=O) groups excluding carboxylic acids is 1. The number of carbonyl (C=O) groups is 1. The van der Waals surface area contributed by atoms with Crippen molar-refractivity contribution in [3.8, 4) is 11.6 Å². The fraction of sp³-hybridized carbons (Fsp3) is 0.250. The number of nitrogens with zero attached hydrogens (tertiary/aromatic N) is 2. The summed E-state index contributed by atoms with van der Waals surface area (Å²) in [7, 11) is 0.988. The van der Waals surface area contributed by atoms with Crippen molar-refractivity contribution in [2.75, 3.05) is 7.11 Å². The van der Waals surface area contributed by atoms with Gasteiger partial charge < -0.3 is 9.47 Å². The maximum absolute atomic E-state index is 12.1. The third kappa shape index (κ3) is 3.44. The fourth-order valence-corrected chi connectivity index (χ4v) is 1.36. The predicted octanol–water partition coefficient (Wildman–Crippen LogP) is 2.28. The minimum atomic E-state index is -5.16. The summed E-state index contributed by atoms with van der Waals surface area (Å²) in [4.78, 5) is 23.9. The Hall–Kier alpha value is -2.10. The Bertz CT molecular complexity index is 534. The Labute approximate surface area is 108 Å². The number of pyridine rings is 1. The lowest BCUT2D eigenvalue weighted by molar-refractivity contribution is -0.386. The fourth-order valence-electron chi connectivity index (χ4n) is 1.18. The molecular weight excluding hydrogens is 297 g/mol. The molecule has 0 atom stereocenters. The third-order valence-electron chi connectivity index (χ3n) is 1.78. The first-order valence-electron chi connectivity index (χ1n) is 4.34. The van der Waals surface area contributed by atoms with Gasteiger partial charge in [0, 0.05) is 0 Å². The average Bonchev–Trinajstić information content (AvgIpc) is 2.25. The maximum Gasteiger partial charge on any atom is 0.573 e. The molecule has 0 aliphatic rings. The van der Waals surface area contributed by atoms with E-state index in [0.29, 0.717) is 6.20 Å². The quantitative estimate of drug-likeness (QED) is 0.481. The first kappa shape index (κ1) is 15.0. The van der Waals surface area contributed by atoms with Gasteiger partial charge in [0.25, 0.3) is 11.1 Å². The SMILES string of the molecule is COc1ncc(OC(F)(F)F)c(C(=O)Cl)c1[N+](=O)[O-]. The highest BCUT2D eigenvalue weighted by Crippen LogP contribution is 2.38. The number of ether oxygens (including phenoxy) is 2. The summed E-state index contributed by atoms with van der Waals surface area (Å²) in [5.74, 6) is -1.84. The molecule has 1 aromatic rings. The van der Waals surface area contributed by atoms with Crippen LogP contribution < -0.4 is 9.47 Å². The second-order valence-corrected chi connectivity index (χ2v) is 3.28. The van der Waals surface area contributed by atoms with E-state index in [1.807, 2.05) is 0 Å². The van der Waals surface area contributed by atoms with Crippen LogP contribution in [0.4, 0.5) is 18.9 Å². The molecule has 0 bridgehead atoms. The van der Waals surface area contributed by atoms with Crippen LogP contribution in [0.25, 0.3) is 0 Å². The van der Waals surface area contributed by atoms with Gasteiger partial charge in [0.05, 0.1) is 18.2 Å². The van der Waals surface area contributed by atoms with Gasteiger partial charge in [-0.1, -0.05) is 0 Å². The van der Waals surface area contributed by atoms with Crippen LogP contribution in [0.3, 0.4) is 0 Å². The molecular formula is C8H4ClF3N2O5. The Morgan fingerprint density at radius 2 is 2.11 bits per heavy atom. The highest BCUT2D eigenvalue weighted by Gasteiger charge is 2.37.